The molecule has 2 aromatic heterocycles. The Morgan fingerprint density at radius 3 is 2.05 bits per heavy atom. The van der Waals surface area contributed by atoms with Crippen LogP contribution >= 0.6 is 0 Å². The van der Waals surface area contributed by atoms with Crippen LogP contribution in [0.1, 0.15) is 41.0 Å². The van der Waals surface area contributed by atoms with Crippen LogP contribution in [-0.4, -0.2) is 14.8 Å². The first-order valence-corrected chi connectivity index (χ1v) is 20.1. The maximum Gasteiger partial charge on any atom is 0.168 e. The maximum absolute atomic E-state index is 5.24. The van der Waals surface area contributed by atoms with Crippen LogP contribution < -0.4 is 0 Å². The first kappa shape index (κ1) is 31.1. The Kier molecular flexibility index (Phi) is 6.27. The molecule has 0 bridgehead atoms. The van der Waals surface area contributed by atoms with Crippen molar-refractivity contribution in [2.75, 3.05) is 0 Å². The fourth-order valence-electron chi connectivity index (χ4n) is 10.7. The van der Waals surface area contributed by atoms with E-state index in [0.29, 0.717) is 11.8 Å². The molecular weight excluding hydrogens is 691 g/mol. The molecule has 10 aromatic rings. The topological polar surface area (TPSA) is 30.7 Å². The minimum absolute atomic E-state index is 0.190. The molecule has 0 fully saturated rings. The molecule has 2 heterocycles. The molecule has 0 N–H and O–H groups in total. The average Bonchev–Trinajstić information content (AvgIpc) is 3.91. The predicted octanol–water partition coefficient (Wildman–Crippen LogP) is 13.7. The molecule has 57 heavy (non-hydrogen) atoms. The Labute approximate surface area is 329 Å². The minimum Gasteiger partial charge on any atom is -0.291 e. The zero-order valence-corrected chi connectivity index (χ0v) is 31.3. The van der Waals surface area contributed by atoms with E-state index in [2.05, 4.69) is 187 Å². The van der Waals surface area contributed by atoms with Gasteiger partial charge in [0.2, 0.25) is 0 Å². The van der Waals surface area contributed by atoms with Crippen LogP contribution in [0.3, 0.4) is 0 Å². The summed E-state index contributed by atoms with van der Waals surface area (Å²) in [5.74, 6) is 1.87. The van der Waals surface area contributed by atoms with Crippen molar-refractivity contribution < 1.29 is 0 Å². The van der Waals surface area contributed by atoms with Gasteiger partial charge in [-0.15, -0.1) is 10.2 Å². The second kappa shape index (κ2) is 11.5. The standard InChI is InChI=1S/C54H35N3/c1-31-13-2-5-16-36(31)32-25-27-33(28-26-32)52-41-20-9-11-22-43(41)54(56-55-52)57-46-30-35-15-4-3-14-34(35)29-45(46)51-50-44-24-12-23-38-37-17-6-7-18-39(37)48(47(38)44)49(50)40-19-8-10-21-42(40)53(51)57/h2-31,36,48H,1H3/t31?,36?,48-/m0/s1. The third-order valence-corrected chi connectivity index (χ3v) is 13.2. The van der Waals surface area contributed by atoms with Crippen molar-refractivity contribution in [3.8, 4) is 39.3 Å². The molecule has 0 saturated heterocycles. The van der Waals surface area contributed by atoms with Crippen LogP contribution in [0, 0.1) is 5.92 Å². The summed E-state index contributed by atoms with van der Waals surface area (Å²) in [5, 5.41) is 20.0. The van der Waals surface area contributed by atoms with E-state index in [0.717, 1.165) is 33.4 Å². The van der Waals surface area contributed by atoms with Gasteiger partial charge in [-0.1, -0.05) is 171 Å². The third-order valence-electron chi connectivity index (χ3n) is 13.2. The van der Waals surface area contributed by atoms with Gasteiger partial charge in [0.15, 0.2) is 5.82 Å². The van der Waals surface area contributed by atoms with Gasteiger partial charge in [-0.05, 0) is 78.7 Å². The van der Waals surface area contributed by atoms with E-state index >= 15 is 0 Å². The number of fused-ring (bicyclic) bond motifs is 15. The molecule has 13 rings (SSSR count). The molecule has 0 radical (unpaired) electrons. The Morgan fingerprint density at radius 2 is 1.21 bits per heavy atom. The van der Waals surface area contributed by atoms with E-state index in [1.165, 1.54) is 82.3 Å². The molecule has 3 nitrogen and oxygen atoms in total. The van der Waals surface area contributed by atoms with Gasteiger partial charge in [-0.25, -0.2) is 0 Å². The SMILES string of the molecule is CC1C=CC=CC1c1ccc(-c2nnc(-n3c4cc5ccccc5cc4c4c5c(c6ccccc6c43)[C@H]3c4ccccc4-c4cccc-5c43)c3ccccc23)cc1. The summed E-state index contributed by atoms with van der Waals surface area (Å²) in [6, 6.07) is 56.2. The van der Waals surface area contributed by atoms with Gasteiger partial charge < -0.3 is 0 Å². The number of rotatable bonds is 3. The molecule has 3 heteroatoms. The Bertz CT molecular complexity index is 3440. The highest BCUT2D eigenvalue weighted by Gasteiger charge is 2.41. The van der Waals surface area contributed by atoms with Crippen molar-refractivity contribution in [1.29, 1.82) is 0 Å². The lowest BCUT2D eigenvalue weighted by atomic mass is 9.84. The highest BCUT2D eigenvalue weighted by Crippen LogP contribution is 2.62. The molecule has 8 aromatic carbocycles. The Morgan fingerprint density at radius 1 is 0.526 bits per heavy atom. The Balaban J connectivity index is 1.13. The smallest absolute Gasteiger partial charge is 0.168 e. The molecule has 2 unspecified atom stereocenters. The monoisotopic (exact) mass is 725 g/mol. The van der Waals surface area contributed by atoms with Gasteiger partial charge in [-0.2, -0.15) is 0 Å². The first-order valence-electron chi connectivity index (χ1n) is 20.1. The van der Waals surface area contributed by atoms with E-state index < -0.39 is 0 Å². The third kappa shape index (κ3) is 4.15. The number of hydrogen-bond donors (Lipinski definition) is 0. The summed E-state index contributed by atoms with van der Waals surface area (Å²) in [7, 11) is 0. The molecule has 0 saturated carbocycles. The summed E-state index contributed by atoms with van der Waals surface area (Å²) in [5.41, 5.74) is 15.3. The van der Waals surface area contributed by atoms with Crippen molar-refractivity contribution in [1.82, 2.24) is 14.8 Å². The number of aromatic nitrogens is 3. The van der Waals surface area contributed by atoms with Crippen LogP contribution in [0.2, 0.25) is 0 Å². The van der Waals surface area contributed by atoms with Crippen LogP contribution in [-0.2, 0) is 0 Å². The summed E-state index contributed by atoms with van der Waals surface area (Å²) in [6.07, 6.45) is 8.90. The van der Waals surface area contributed by atoms with Gasteiger partial charge in [0, 0.05) is 44.3 Å². The number of hydrogen-bond acceptors (Lipinski definition) is 2. The van der Waals surface area contributed by atoms with E-state index in [4.69, 9.17) is 10.2 Å². The highest BCUT2D eigenvalue weighted by molar-refractivity contribution is 6.29. The Hall–Kier alpha value is -7.10. The highest BCUT2D eigenvalue weighted by atomic mass is 15.2. The quantitative estimate of drug-likeness (QED) is 0.182. The fraction of sp³-hybridized carbons (Fsp3) is 0.0741. The molecular formula is C54H35N3. The molecule has 266 valence electrons. The van der Waals surface area contributed by atoms with E-state index in [1.54, 1.807) is 0 Å². The zero-order chi connectivity index (χ0) is 37.4. The van der Waals surface area contributed by atoms with Crippen LogP contribution in [0.4, 0.5) is 0 Å². The van der Waals surface area contributed by atoms with Crippen LogP contribution in [0.5, 0.6) is 0 Å². The zero-order valence-electron chi connectivity index (χ0n) is 31.3. The van der Waals surface area contributed by atoms with Crippen molar-refractivity contribution >= 4 is 54.1 Å². The summed E-state index contributed by atoms with van der Waals surface area (Å²) in [6.45, 7) is 2.29. The van der Waals surface area contributed by atoms with Gasteiger partial charge in [0.05, 0.1) is 11.0 Å². The van der Waals surface area contributed by atoms with E-state index in [1.807, 2.05) is 0 Å². The van der Waals surface area contributed by atoms with Gasteiger partial charge in [0.25, 0.3) is 0 Å². The summed E-state index contributed by atoms with van der Waals surface area (Å²) in [4.78, 5) is 0. The fourth-order valence-corrected chi connectivity index (χ4v) is 10.7. The van der Waals surface area contributed by atoms with Crippen molar-refractivity contribution in [2.45, 2.75) is 18.8 Å². The molecule has 0 spiro atoms. The van der Waals surface area contributed by atoms with E-state index in [-0.39, 0.29) is 5.92 Å². The molecule has 0 amide bonds. The normalized spacial score (nSPS) is 17.6. The van der Waals surface area contributed by atoms with Crippen molar-refractivity contribution in [2.24, 2.45) is 5.92 Å². The van der Waals surface area contributed by atoms with Crippen molar-refractivity contribution in [3.63, 3.8) is 0 Å². The first-order chi connectivity index (χ1) is 28.2. The number of allylic oxidation sites excluding steroid dienone is 4. The van der Waals surface area contributed by atoms with Crippen molar-refractivity contribution in [3.05, 3.63) is 198 Å². The lowest BCUT2D eigenvalue weighted by Gasteiger charge is -2.21. The molecule has 3 aliphatic carbocycles. The summed E-state index contributed by atoms with van der Waals surface area (Å²) < 4.78 is 2.43. The minimum atomic E-state index is 0.190. The second-order valence-corrected chi connectivity index (χ2v) is 16.1. The lowest BCUT2D eigenvalue weighted by molar-refractivity contribution is 0.635. The largest absolute Gasteiger partial charge is 0.291 e. The van der Waals surface area contributed by atoms with Crippen LogP contribution in [0.15, 0.2) is 176 Å². The van der Waals surface area contributed by atoms with Gasteiger partial charge in [0.1, 0.15) is 5.69 Å². The number of nitrogens with zero attached hydrogens (tertiary/aromatic N) is 3. The summed E-state index contributed by atoms with van der Waals surface area (Å²) >= 11 is 0. The second-order valence-electron chi connectivity index (χ2n) is 16.1. The van der Waals surface area contributed by atoms with Gasteiger partial charge in [-0.3, -0.25) is 4.57 Å². The average molecular weight is 726 g/mol. The predicted molar refractivity (Wildman–Crippen MR) is 236 cm³/mol. The molecule has 3 atom stereocenters. The number of benzene rings is 8. The van der Waals surface area contributed by atoms with E-state index in [9.17, 15) is 0 Å². The molecule has 3 aliphatic rings. The lowest BCUT2D eigenvalue weighted by Crippen LogP contribution is -2.07. The van der Waals surface area contributed by atoms with Gasteiger partial charge >= 0.3 is 0 Å². The molecule has 0 aliphatic heterocycles. The maximum atomic E-state index is 5.24. The van der Waals surface area contributed by atoms with Crippen LogP contribution in [0.25, 0.3) is 93.5 Å².